The monoisotopic (exact) mass is 408 g/mol. The summed E-state index contributed by atoms with van der Waals surface area (Å²) in [4.78, 5) is 12.3. The Hall–Kier alpha value is -2.98. The molecule has 0 spiro atoms. The van der Waals surface area contributed by atoms with Crippen molar-refractivity contribution < 1.29 is 32.2 Å². The second-order valence-corrected chi connectivity index (χ2v) is 7.63. The van der Waals surface area contributed by atoms with Gasteiger partial charge in [-0.15, -0.1) is 0 Å². The van der Waals surface area contributed by atoms with Gasteiger partial charge in [0.25, 0.3) is 0 Å². The molecule has 0 aliphatic carbocycles. The fraction of sp³-hybridized carbons (Fsp3) is 0.278. The van der Waals surface area contributed by atoms with Crippen LogP contribution in [0.2, 0.25) is 0 Å². The summed E-state index contributed by atoms with van der Waals surface area (Å²) in [6, 6.07) is 8.05. The fourth-order valence-electron chi connectivity index (χ4n) is 2.56. The maximum absolute atomic E-state index is 12.6. The van der Waals surface area contributed by atoms with Crippen LogP contribution >= 0.6 is 0 Å². The van der Waals surface area contributed by atoms with Gasteiger partial charge in [0.05, 0.1) is 25.2 Å². The predicted molar refractivity (Wildman–Crippen MR) is 101 cm³/mol. The molecule has 0 saturated heterocycles. The van der Waals surface area contributed by atoms with E-state index < -0.39 is 22.0 Å². The maximum Gasteiger partial charge on any atom is 0.242 e. The molecule has 0 fully saturated rings. The Bertz CT molecular complexity index is 991. The average molecular weight is 408 g/mol. The Kier molecular flexibility index (Phi) is 5.61. The van der Waals surface area contributed by atoms with E-state index in [4.69, 9.17) is 18.9 Å². The number of carbonyl (C=O) groups is 1. The lowest BCUT2D eigenvalue weighted by Crippen LogP contribution is -2.41. The van der Waals surface area contributed by atoms with Crippen LogP contribution in [0.5, 0.6) is 23.0 Å². The largest absolute Gasteiger partial charge is 0.493 e. The number of rotatable bonds is 7. The van der Waals surface area contributed by atoms with Crippen LogP contribution in [0.4, 0.5) is 5.69 Å². The minimum atomic E-state index is -3.96. The molecule has 0 unspecified atom stereocenters. The molecule has 1 amide bonds. The third kappa shape index (κ3) is 4.12. The lowest BCUT2D eigenvalue weighted by atomic mass is 10.2. The third-order valence-electron chi connectivity index (χ3n) is 4.03. The van der Waals surface area contributed by atoms with Crippen molar-refractivity contribution in [3.05, 3.63) is 36.4 Å². The van der Waals surface area contributed by atoms with Gasteiger partial charge in [-0.1, -0.05) is 0 Å². The first-order chi connectivity index (χ1) is 13.3. The normalized spacial score (nSPS) is 13.7. The summed E-state index contributed by atoms with van der Waals surface area (Å²) in [7, 11) is -1.10. The van der Waals surface area contributed by atoms with Gasteiger partial charge in [0.1, 0.15) is 0 Å². The Labute approximate surface area is 162 Å². The molecule has 1 aliphatic heterocycles. The molecule has 0 aromatic heterocycles. The average Bonchev–Trinajstić information content (AvgIpc) is 3.14. The number of sulfonamides is 1. The second-order valence-electron chi connectivity index (χ2n) is 5.92. The van der Waals surface area contributed by atoms with Crippen molar-refractivity contribution in [1.29, 1.82) is 0 Å². The van der Waals surface area contributed by atoms with Gasteiger partial charge in [0.15, 0.2) is 23.0 Å². The summed E-state index contributed by atoms with van der Waals surface area (Å²) in [6.45, 7) is 1.56. The molecule has 9 nitrogen and oxygen atoms in total. The number of amides is 1. The molecule has 0 radical (unpaired) electrons. The van der Waals surface area contributed by atoms with E-state index in [1.807, 2.05) is 0 Å². The lowest BCUT2D eigenvalue weighted by molar-refractivity contribution is -0.117. The Morgan fingerprint density at radius 1 is 1.04 bits per heavy atom. The summed E-state index contributed by atoms with van der Waals surface area (Å²) >= 11 is 0. The number of anilines is 1. The van der Waals surface area contributed by atoms with Crippen molar-refractivity contribution in [2.45, 2.75) is 17.9 Å². The first-order valence-corrected chi connectivity index (χ1v) is 9.77. The zero-order chi connectivity index (χ0) is 20.3. The van der Waals surface area contributed by atoms with Crippen LogP contribution in [0.3, 0.4) is 0 Å². The fourth-order valence-corrected chi connectivity index (χ4v) is 3.78. The second kappa shape index (κ2) is 7.95. The van der Waals surface area contributed by atoms with Gasteiger partial charge in [-0.05, 0) is 31.2 Å². The van der Waals surface area contributed by atoms with Crippen molar-refractivity contribution in [2.24, 2.45) is 0 Å². The molecular formula is C18H20N2O7S. The van der Waals surface area contributed by atoms with Crippen LogP contribution < -0.4 is 29.0 Å². The number of nitrogens with one attached hydrogen (secondary N) is 2. The summed E-state index contributed by atoms with van der Waals surface area (Å²) in [5.74, 6) is 1.23. The molecule has 2 aromatic rings. The zero-order valence-corrected chi connectivity index (χ0v) is 16.3. The molecule has 1 heterocycles. The van der Waals surface area contributed by atoms with Crippen molar-refractivity contribution in [3.63, 3.8) is 0 Å². The molecule has 1 aliphatic rings. The highest BCUT2D eigenvalue weighted by Gasteiger charge is 2.24. The van der Waals surface area contributed by atoms with Gasteiger partial charge in [0, 0.05) is 17.8 Å². The number of ether oxygens (including phenoxy) is 4. The predicted octanol–water partition coefficient (Wildman–Crippen LogP) is 1.74. The number of fused-ring (bicyclic) bond motifs is 1. The van der Waals surface area contributed by atoms with Crippen molar-refractivity contribution in [2.75, 3.05) is 26.3 Å². The summed E-state index contributed by atoms with van der Waals surface area (Å²) < 4.78 is 48.2. The van der Waals surface area contributed by atoms with Crippen LogP contribution in [-0.4, -0.2) is 41.4 Å². The van der Waals surface area contributed by atoms with Crippen LogP contribution in [0.1, 0.15) is 6.92 Å². The molecule has 0 bridgehead atoms. The third-order valence-corrected chi connectivity index (χ3v) is 5.57. The number of methoxy groups -OCH3 is 2. The SMILES string of the molecule is COc1ccc(S(=O)(=O)N[C@H](C)C(=O)Nc2ccc3c(c2)OCO3)cc1OC. The van der Waals surface area contributed by atoms with Crippen LogP contribution in [0.25, 0.3) is 0 Å². The maximum atomic E-state index is 12.6. The Balaban J connectivity index is 1.70. The van der Waals surface area contributed by atoms with E-state index in [0.717, 1.165) is 0 Å². The quantitative estimate of drug-likeness (QED) is 0.718. The van der Waals surface area contributed by atoms with Crippen LogP contribution in [0.15, 0.2) is 41.3 Å². The number of hydrogen-bond donors (Lipinski definition) is 2. The molecular weight excluding hydrogens is 388 g/mol. The van der Waals surface area contributed by atoms with E-state index in [9.17, 15) is 13.2 Å². The highest BCUT2D eigenvalue weighted by atomic mass is 32.2. The molecule has 28 heavy (non-hydrogen) atoms. The van der Waals surface area contributed by atoms with E-state index in [2.05, 4.69) is 10.0 Å². The van der Waals surface area contributed by atoms with Crippen LogP contribution in [-0.2, 0) is 14.8 Å². The van der Waals surface area contributed by atoms with Gasteiger partial charge in [-0.2, -0.15) is 4.72 Å². The van der Waals surface area contributed by atoms with E-state index in [1.165, 1.54) is 39.3 Å². The molecule has 2 aromatic carbocycles. The van der Waals surface area contributed by atoms with Gasteiger partial charge in [-0.3, -0.25) is 4.79 Å². The first-order valence-electron chi connectivity index (χ1n) is 8.29. The summed E-state index contributed by atoms with van der Waals surface area (Å²) in [5.41, 5.74) is 0.464. The Morgan fingerprint density at radius 2 is 1.75 bits per heavy atom. The minimum Gasteiger partial charge on any atom is -0.493 e. The molecule has 0 saturated carbocycles. The number of hydrogen-bond acceptors (Lipinski definition) is 7. The number of carbonyl (C=O) groups excluding carboxylic acids is 1. The van der Waals surface area contributed by atoms with Gasteiger partial charge in [-0.25, -0.2) is 8.42 Å². The van der Waals surface area contributed by atoms with Crippen molar-refractivity contribution in [3.8, 4) is 23.0 Å². The van der Waals surface area contributed by atoms with Gasteiger partial charge >= 0.3 is 0 Å². The summed E-state index contributed by atoms with van der Waals surface area (Å²) in [6.07, 6.45) is 0. The standard InChI is InChI=1S/C18H20N2O7S/c1-11(18(21)19-12-4-6-15-17(8-12)27-10-26-15)20-28(22,23)13-5-7-14(24-2)16(9-13)25-3/h4-9,11,20H,10H2,1-3H3,(H,19,21)/t11-/m1/s1. The topological polar surface area (TPSA) is 112 Å². The molecule has 10 heteroatoms. The van der Waals surface area contributed by atoms with Crippen LogP contribution in [0, 0.1) is 0 Å². The van der Waals surface area contributed by atoms with E-state index in [-0.39, 0.29) is 17.4 Å². The van der Waals surface area contributed by atoms with E-state index >= 15 is 0 Å². The summed E-state index contributed by atoms with van der Waals surface area (Å²) in [5, 5.41) is 2.64. The molecule has 3 rings (SSSR count). The minimum absolute atomic E-state index is 0.0483. The van der Waals surface area contributed by atoms with Crippen molar-refractivity contribution in [1.82, 2.24) is 4.72 Å². The number of benzene rings is 2. The molecule has 1 atom stereocenters. The first kappa shape index (κ1) is 19.8. The zero-order valence-electron chi connectivity index (χ0n) is 15.5. The van der Waals surface area contributed by atoms with E-state index in [0.29, 0.717) is 22.9 Å². The molecule has 2 N–H and O–H groups in total. The molecule has 150 valence electrons. The van der Waals surface area contributed by atoms with E-state index in [1.54, 1.807) is 18.2 Å². The highest BCUT2D eigenvalue weighted by molar-refractivity contribution is 7.89. The lowest BCUT2D eigenvalue weighted by Gasteiger charge is -2.16. The highest BCUT2D eigenvalue weighted by Crippen LogP contribution is 2.34. The smallest absolute Gasteiger partial charge is 0.242 e. The Morgan fingerprint density at radius 3 is 2.46 bits per heavy atom. The van der Waals surface area contributed by atoms with Crippen molar-refractivity contribution >= 4 is 21.6 Å². The van der Waals surface area contributed by atoms with Gasteiger partial charge < -0.3 is 24.3 Å². The van der Waals surface area contributed by atoms with Gasteiger partial charge in [0.2, 0.25) is 22.7 Å².